The highest BCUT2D eigenvalue weighted by atomic mass is 32.1. The van der Waals surface area contributed by atoms with Gasteiger partial charge in [-0.3, -0.25) is 10.1 Å². The Labute approximate surface area is 119 Å². The fourth-order valence-corrected chi connectivity index (χ4v) is 2.47. The number of rotatable bonds is 5. The van der Waals surface area contributed by atoms with Crippen LogP contribution in [0.15, 0.2) is 30.3 Å². The van der Waals surface area contributed by atoms with Gasteiger partial charge in [-0.2, -0.15) is 5.26 Å². The van der Waals surface area contributed by atoms with Gasteiger partial charge in [0, 0.05) is 17.5 Å². The molecule has 1 aromatic carbocycles. The number of nitrogens with one attached hydrogen (secondary N) is 1. The molecule has 0 aliphatic rings. The van der Waals surface area contributed by atoms with Crippen molar-refractivity contribution in [1.29, 1.82) is 5.26 Å². The summed E-state index contributed by atoms with van der Waals surface area (Å²) >= 11 is 1.10. The van der Waals surface area contributed by atoms with E-state index in [4.69, 9.17) is 10.00 Å². The molecule has 0 atom stereocenters. The smallest absolute Gasteiger partial charge is 0.324 e. The molecule has 7 heteroatoms. The Kier molecular flexibility index (Phi) is 4.17. The lowest BCUT2D eigenvalue weighted by molar-refractivity contribution is -0.380. The number of ether oxygens (including phenoxy) is 1. The van der Waals surface area contributed by atoms with Gasteiger partial charge < -0.3 is 10.1 Å². The second kappa shape index (κ2) is 6.04. The molecule has 20 heavy (non-hydrogen) atoms. The van der Waals surface area contributed by atoms with Gasteiger partial charge >= 0.3 is 5.00 Å². The van der Waals surface area contributed by atoms with Crippen LogP contribution in [0.1, 0.15) is 10.4 Å². The van der Waals surface area contributed by atoms with E-state index in [9.17, 15) is 10.1 Å². The van der Waals surface area contributed by atoms with Gasteiger partial charge in [-0.1, -0.05) is 17.4 Å². The number of nitriles is 1. The molecule has 1 N–H and O–H groups in total. The second-order valence-electron chi connectivity index (χ2n) is 3.85. The first kappa shape index (κ1) is 13.8. The molecular weight excluding hydrogens is 278 g/mol. The van der Waals surface area contributed by atoms with Crippen LogP contribution in [0.5, 0.6) is 5.75 Å². The largest absolute Gasteiger partial charge is 0.495 e. The molecule has 0 unspecified atom stereocenters. The first-order valence-electron chi connectivity index (χ1n) is 5.69. The number of para-hydroxylation sites is 1. The lowest BCUT2D eigenvalue weighted by Gasteiger charge is -2.11. The summed E-state index contributed by atoms with van der Waals surface area (Å²) in [6.07, 6.45) is 0. The molecule has 0 saturated heterocycles. The molecule has 0 bridgehead atoms. The Morgan fingerprint density at radius 3 is 2.85 bits per heavy atom. The third-order valence-electron chi connectivity index (χ3n) is 2.63. The predicted molar refractivity (Wildman–Crippen MR) is 76.0 cm³/mol. The minimum atomic E-state index is -0.419. The summed E-state index contributed by atoms with van der Waals surface area (Å²) in [5.41, 5.74) is 1.06. The molecule has 1 aromatic heterocycles. The van der Waals surface area contributed by atoms with Crippen LogP contribution in [-0.2, 0) is 6.54 Å². The van der Waals surface area contributed by atoms with Crippen molar-refractivity contribution in [3.05, 3.63) is 50.9 Å². The summed E-state index contributed by atoms with van der Waals surface area (Å²) in [4.78, 5) is 11.0. The summed E-state index contributed by atoms with van der Waals surface area (Å²) in [6.45, 7) is 0.396. The lowest BCUT2D eigenvalue weighted by atomic mass is 10.2. The molecular formula is C13H11N3O3S. The maximum Gasteiger partial charge on any atom is 0.324 e. The van der Waals surface area contributed by atoms with Gasteiger partial charge in [0.05, 0.1) is 23.3 Å². The second-order valence-corrected chi connectivity index (χ2v) is 4.99. The zero-order valence-corrected chi connectivity index (χ0v) is 11.4. The maximum atomic E-state index is 10.6. The van der Waals surface area contributed by atoms with Crippen LogP contribution in [0, 0.1) is 21.4 Å². The van der Waals surface area contributed by atoms with E-state index >= 15 is 0 Å². The highest BCUT2D eigenvalue weighted by Crippen LogP contribution is 2.30. The fraction of sp³-hybridized carbons (Fsp3) is 0.154. The summed E-state index contributed by atoms with van der Waals surface area (Å²) < 4.78 is 5.20. The van der Waals surface area contributed by atoms with Crippen LogP contribution in [0.25, 0.3) is 0 Å². The molecule has 0 amide bonds. The molecule has 0 spiro atoms. The molecule has 0 fully saturated rings. The number of hydrogen-bond donors (Lipinski definition) is 1. The zero-order valence-electron chi connectivity index (χ0n) is 10.6. The Morgan fingerprint density at radius 2 is 2.25 bits per heavy atom. The summed E-state index contributed by atoms with van der Waals surface area (Å²) in [7, 11) is 1.53. The minimum Gasteiger partial charge on any atom is -0.495 e. The maximum absolute atomic E-state index is 10.6. The van der Waals surface area contributed by atoms with Crippen LogP contribution in [0.3, 0.4) is 0 Å². The average molecular weight is 289 g/mol. The molecule has 102 valence electrons. The van der Waals surface area contributed by atoms with Crippen molar-refractivity contribution in [3.8, 4) is 11.8 Å². The van der Waals surface area contributed by atoms with Crippen molar-refractivity contribution in [2.75, 3.05) is 12.4 Å². The van der Waals surface area contributed by atoms with E-state index in [-0.39, 0.29) is 5.00 Å². The number of nitrogens with zero attached hydrogens (tertiary/aromatic N) is 2. The summed E-state index contributed by atoms with van der Waals surface area (Å²) in [5, 5.41) is 22.9. The monoisotopic (exact) mass is 289 g/mol. The first-order valence-corrected chi connectivity index (χ1v) is 6.51. The number of hydrogen-bond acceptors (Lipinski definition) is 6. The molecule has 0 radical (unpaired) electrons. The Morgan fingerprint density at radius 1 is 1.45 bits per heavy atom. The third-order valence-corrected chi connectivity index (χ3v) is 3.67. The van der Waals surface area contributed by atoms with Crippen molar-refractivity contribution < 1.29 is 9.66 Å². The Balaban J connectivity index is 2.18. The van der Waals surface area contributed by atoms with Crippen LogP contribution >= 0.6 is 11.3 Å². The lowest BCUT2D eigenvalue weighted by Crippen LogP contribution is -2.02. The minimum absolute atomic E-state index is 0.0994. The average Bonchev–Trinajstić information content (AvgIpc) is 2.93. The van der Waals surface area contributed by atoms with E-state index in [2.05, 4.69) is 11.4 Å². The van der Waals surface area contributed by atoms with Gasteiger partial charge in [0.15, 0.2) is 0 Å². The van der Waals surface area contributed by atoms with Crippen molar-refractivity contribution in [2.45, 2.75) is 6.54 Å². The number of thiophene rings is 1. The molecule has 2 rings (SSSR count). The quantitative estimate of drug-likeness (QED) is 0.674. The molecule has 6 nitrogen and oxygen atoms in total. The van der Waals surface area contributed by atoms with Gasteiger partial charge in [-0.15, -0.1) is 0 Å². The van der Waals surface area contributed by atoms with Crippen molar-refractivity contribution in [2.24, 2.45) is 0 Å². The standard InChI is InChI=1S/C13H11N3O3S/c1-19-11-4-2-3-9(7-14)13(11)15-8-10-5-6-12(20-10)16(17)18/h2-6,15H,8H2,1H3. The number of nitro groups is 1. The van der Waals surface area contributed by atoms with Gasteiger partial charge in [0.25, 0.3) is 0 Å². The van der Waals surface area contributed by atoms with E-state index in [1.807, 2.05) is 0 Å². The van der Waals surface area contributed by atoms with Crippen LogP contribution < -0.4 is 10.1 Å². The van der Waals surface area contributed by atoms with Gasteiger partial charge in [0.1, 0.15) is 11.8 Å². The van der Waals surface area contributed by atoms with Crippen molar-refractivity contribution in [1.82, 2.24) is 0 Å². The Bertz CT molecular complexity index is 676. The summed E-state index contributed by atoms with van der Waals surface area (Å²) in [6, 6.07) is 10.4. The molecule has 2 aromatic rings. The van der Waals surface area contributed by atoms with Gasteiger partial charge in [-0.05, 0) is 18.2 Å². The third kappa shape index (κ3) is 2.87. The topological polar surface area (TPSA) is 88.2 Å². The first-order chi connectivity index (χ1) is 9.65. The Hall–Kier alpha value is -2.59. The number of anilines is 1. The molecule has 0 aliphatic carbocycles. The molecule has 0 aliphatic heterocycles. The van der Waals surface area contributed by atoms with E-state index in [1.54, 1.807) is 24.3 Å². The highest BCUT2D eigenvalue weighted by Gasteiger charge is 2.12. The number of methoxy groups -OCH3 is 1. The number of benzene rings is 1. The predicted octanol–water partition coefficient (Wildman–Crippen LogP) is 3.15. The summed E-state index contributed by atoms with van der Waals surface area (Å²) in [5.74, 6) is 0.565. The van der Waals surface area contributed by atoms with E-state index < -0.39 is 4.92 Å². The highest BCUT2D eigenvalue weighted by molar-refractivity contribution is 7.15. The SMILES string of the molecule is COc1cccc(C#N)c1NCc1ccc([N+](=O)[O-])s1. The van der Waals surface area contributed by atoms with Crippen LogP contribution in [0.4, 0.5) is 10.7 Å². The van der Waals surface area contributed by atoms with Crippen molar-refractivity contribution in [3.63, 3.8) is 0 Å². The van der Waals surface area contributed by atoms with Gasteiger partial charge in [-0.25, -0.2) is 0 Å². The normalized spacial score (nSPS) is 9.80. The van der Waals surface area contributed by atoms with Crippen LogP contribution in [0.2, 0.25) is 0 Å². The zero-order chi connectivity index (χ0) is 14.5. The van der Waals surface area contributed by atoms with E-state index in [0.29, 0.717) is 23.5 Å². The van der Waals surface area contributed by atoms with E-state index in [0.717, 1.165) is 16.2 Å². The fourth-order valence-electron chi connectivity index (χ4n) is 1.71. The van der Waals surface area contributed by atoms with Crippen molar-refractivity contribution >= 4 is 22.0 Å². The van der Waals surface area contributed by atoms with Gasteiger partial charge in [0.2, 0.25) is 0 Å². The molecule has 1 heterocycles. The molecule has 0 saturated carbocycles. The van der Waals surface area contributed by atoms with Crippen LogP contribution in [-0.4, -0.2) is 12.0 Å². The van der Waals surface area contributed by atoms with E-state index in [1.165, 1.54) is 13.2 Å².